The van der Waals surface area contributed by atoms with Gasteiger partial charge in [0.05, 0.1) is 11.4 Å². The lowest BCUT2D eigenvalue weighted by Crippen LogP contribution is -2.35. The second-order valence-corrected chi connectivity index (χ2v) is 6.23. The molecule has 0 aliphatic carbocycles. The Labute approximate surface area is 124 Å². The number of fused-ring (bicyclic) bond motifs is 1. The normalized spacial score (nSPS) is 12.0. The summed E-state index contributed by atoms with van der Waals surface area (Å²) in [6, 6.07) is 10.3. The van der Waals surface area contributed by atoms with Crippen LogP contribution in [0.15, 0.2) is 48.9 Å². The van der Waals surface area contributed by atoms with E-state index in [4.69, 9.17) is 0 Å². The van der Waals surface area contributed by atoms with E-state index in [0.29, 0.717) is 0 Å². The van der Waals surface area contributed by atoms with Crippen molar-refractivity contribution in [1.82, 2.24) is 20.1 Å². The summed E-state index contributed by atoms with van der Waals surface area (Å²) in [5.41, 5.74) is 2.18. The van der Waals surface area contributed by atoms with Crippen molar-refractivity contribution < 1.29 is 0 Å². The fourth-order valence-corrected chi connectivity index (χ4v) is 2.24. The first-order valence-electron chi connectivity index (χ1n) is 7.16. The van der Waals surface area contributed by atoms with E-state index in [1.54, 1.807) is 0 Å². The molecule has 4 nitrogen and oxygen atoms in total. The van der Waals surface area contributed by atoms with Crippen LogP contribution in [0.3, 0.4) is 0 Å². The number of hydrogen-bond donors (Lipinski definition) is 1. The molecule has 0 spiro atoms. The minimum Gasteiger partial charge on any atom is -0.306 e. The molecule has 108 valence electrons. The van der Waals surface area contributed by atoms with Crippen LogP contribution in [0, 0.1) is 0 Å². The topological polar surface area (TPSA) is 42.7 Å². The summed E-state index contributed by atoms with van der Waals surface area (Å²) in [4.78, 5) is 4.22. The molecule has 0 aliphatic heterocycles. The molecule has 0 radical (unpaired) electrons. The van der Waals surface area contributed by atoms with Crippen molar-refractivity contribution in [3.8, 4) is 5.69 Å². The Bertz CT molecular complexity index is 747. The molecule has 2 aromatic heterocycles. The van der Waals surface area contributed by atoms with Crippen LogP contribution in [0.25, 0.3) is 16.5 Å². The highest BCUT2D eigenvalue weighted by molar-refractivity contribution is 5.89. The minimum absolute atomic E-state index is 0.0904. The van der Waals surface area contributed by atoms with Crippen molar-refractivity contribution in [3.05, 3.63) is 54.6 Å². The highest BCUT2D eigenvalue weighted by Gasteiger charge is 2.10. The van der Waals surface area contributed by atoms with Gasteiger partial charge in [-0.25, -0.2) is 4.68 Å². The van der Waals surface area contributed by atoms with Gasteiger partial charge in [-0.2, -0.15) is 5.10 Å². The maximum absolute atomic E-state index is 4.66. The summed E-state index contributed by atoms with van der Waals surface area (Å²) in [5, 5.41) is 10.4. The monoisotopic (exact) mass is 280 g/mol. The second-order valence-electron chi connectivity index (χ2n) is 6.23. The van der Waals surface area contributed by atoms with Crippen LogP contribution in [-0.4, -0.2) is 20.3 Å². The van der Waals surface area contributed by atoms with Gasteiger partial charge in [-0.05, 0) is 44.4 Å². The van der Waals surface area contributed by atoms with Crippen molar-refractivity contribution in [2.24, 2.45) is 0 Å². The van der Waals surface area contributed by atoms with E-state index in [-0.39, 0.29) is 5.54 Å². The third-order valence-corrected chi connectivity index (χ3v) is 3.35. The number of aromatic nitrogens is 3. The summed E-state index contributed by atoms with van der Waals surface area (Å²) in [5.74, 6) is 0. The average Bonchev–Trinajstić information content (AvgIpc) is 2.92. The minimum atomic E-state index is 0.0904. The van der Waals surface area contributed by atoms with E-state index >= 15 is 0 Å². The summed E-state index contributed by atoms with van der Waals surface area (Å²) in [7, 11) is 0. The molecule has 0 aliphatic rings. The predicted octanol–water partition coefficient (Wildman–Crippen LogP) is 3.31. The molecule has 3 rings (SSSR count). The van der Waals surface area contributed by atoms with Crippen molar-refractivity contribution in [2.75, 3.05) is 0 Å². The maximum Gasteiger partial charge on any atom is 0.0767 e. The lowest BCUT2D eigenvalue weighted by Gasteiger charge is -2.19. The zero-order valence-corrected chi connectivity index (χ0v) is 12.7. The highest BCUT2D eigenvalue weighted by Crippen LogP contribution is 2.20. The number of pyridine rings is 1. The van der Waals surface area contributed by atoms with Gasteiger partial charge < -0.3 is 5.32 Å². The fourth-order valence-electron chi connectivity index (χ4n) is 2.24. The Morgan fingerprint density at radius 1 is 1.14 bits per heavy atom. The molecular weight excluding hydrogens is 260 g/mol. The van der Waals surface area contributed by atoms with E-state index in [9.17, 15) is 0 Å². The van der Waals surface area contributed by atoms with Crippen molar-refractivity contribution in [1.29, 1.82) is 0 Å². The van der Waals surface area contributed by atoms with Gasteiger partial charge in [-0.15, -0.1) is 0 Å². The molecule has 3 aromatic rings. The number of hydrogen-bond acceptors (Lipinski definition) is 3. The van der Waals surface area contributed by atoms with E-state index in [1.807, 2.05) is 41.5 Å². The fraction of sp³-hybridized carbons (Fsp3) is 0.294. The molecule has 0 saturated carbocycles. The van der Waals surface area contributed by atoms with Gasteiger partial charge in [0.2, 0.25) is 0 Å². The van der Waals surface area contributed by atoms with Crippen molar-refractivity contribution in [2.45, 2.75) is 32.9 Å². The number of benzene rings is 1. The number of rotatable bonds is 3. The number of nitrogens with one attached hydrogen (secondary N) is 1. The largest absolute Gasteiger partial charge is 0.306 e. The molecule has 0 atom stereocenters. The molecule has 2 heterocycles. The van der Waals surface area contributed by atoms with Gasteiger partial charge in [0.15, 0.2) is 0 Å². The molecule has 0 saturated heterocycles. The summed E-state index contributed by atoms with van der Waals surface area (Å²) >= 11 is 0. The van der Waals surface area contributed by atoms with Crippen LogP contribution in [0.1, 0.15) is 26.5 Å². The molecule has 0 fully saturated rings. The van der Waals surface area contributed by atoms with E-state index in [2.05, 4.69) is 48.3 Å². The highest BCUT2D eigenvalue weighted by atomic mass is 15.3. The summed E-state index contributed by atoms with van der Waals surface area (Å²) in [6.07, 6.45) is 5.70. The third-order valence-electron chi connectivity index (χ3n) is 3.35. The zero-order chi connectivity index (χ0) is 14.9. The standard InChI is InChI=1S/C17H20N4/c1-17(2,3)19-11-14-8-10-21(20-14)16-6-4-5-13-7-9-18-12-15(13)16/h4-10,12,19H,11H2,1-3H3. The van der Waals surface area contributed by atoms with E-state index < -0.39 is 0 Å². The first kappa shape index (κ1) is 13.8. The molecule has 0 bridgehead atoms. The smallest absolute Gasteiger partial charge is 0.0767 e. The first-order chi connectivity index (χ1) is 10.0. The molecule has 0 unspecified atom stereocenters. The molecule has 1 N–H and O–H groups in total. The quantitative estimate of drug-likeness (QED) is 0.800. The van der Waals surface area contributed by atoms with Crippen LogP contribution in [0.4, 0.5) is 0 Å². The van der Waals surface area contributed by atoms with Crippen LogP contribution >= 0.6 is 0 Å². The van der Waals surface area contributed by atoms with Crippen LogP contribution in [-0.2, 0) is 6.54 Å². The van der Waals surface area contributed by atoms with Crippen LogP contribution < -0.4 is 5.32 Å². The third kappa shape index (κ3) is 3.11. The number of nitrogens with zero attached hydrogens (tertiary/aromatic N) is 3. The Morgan fingerprint density at radius 3 is 2.81 bits per heavy atom. The van der Waals surface area contributed by atoms with Gasteiger partial charge in [-0.1, -0.05) is 12.1 Å². The van der Waals surface area contributed by atoms with E-state index in [1.165, 1.54) is 5.39 Å². The molecule has 0 amide bonds. The summed E-state index contributed by atoms with van der Waals surface area (Å²) in [6.45, 7) is 7.22. The van der Waals surface area contributed by atoms with Crippen molar-refractivity contribution >= 4 is 10.8 Å². The lowest BCUT2D eigenvalue weighted by molar-refractivity contribution is 0.420. The van der Waals surface area contributed by atoms with Gasteiger partial charge >= 0.3 is 0 Å². The van der Waals surface area contributed by atoms with Gasteiger partial charge in [0.25, 0.3) is 0 Å². The van der Waals surface area contributed by atoms with Crippen molar-refractivity contribution in [3.63, 3.8) is 0 Å². The average molecular weight is 280 g/mol. The molecule has 1 aromatic carbocycles. The Morgan fingerprint density at radius 2 is 2.00 bits per heavy atom. The van der Waals surface area contributed by atoms with Gasteiger partial charge in [-0.3, -0.25) is 4.98 Å². The maximum atomic E-state index is 4.66. The van der Waals surface area contributed by atoms with E-state index in [0.717, 1.165) is 23.3 Å². The van der Waals surface area contributed by atoms with Crippen LogP contribution in [0.5, 0.6) is 0 Å². The Hall–Kier alpha value is -2.20. The van der Waals surface area contributed by atoms with Gasteiger partial charge in [0.1, 0.15) is 0 Å². The lowest BCUT2D eigenvalue weighted by atomic mass is 10.1. The molecular formula is C17H20N4. The molecule has 4 heteroatoms. The predicted molar refractivity (Wildman–Crippen MR) is 85.5 cm³/mol. The Kier molecular flexibility index (Phi) is 3.47. The van der Waals surface area contributed by atoms with Gasteiger partial charge in [0, 0.05) is 36.1 Å². The SMILES string of the molecule is CC(C)(C)NCc1ccn(-c2cccc3ccncc23)n1. The molecule has 21 heavy (non-hydrogen) atoms. The summed E-state index contributed by atoms with van der Waals surface area (Å²) < 4.78 is 1.92. The Balaban J connectivity index is 1.92. The first-order valence-corrected chi connectivity index (χ1v) is 7.16. The zero-order valence-electron chi connectivity index (χ0n) is 12.7. The second kappa shape index (κ2) is 5.30. The van der Waals surface area contributed by atoms with Crippen LogP contribution in [0.2, 0.25) is 0 Å².